The highest BCUT2D eigenvalue weighted by atomic mass is 79.9. The molecule has 4 heteroatoms. The first-order valence-corrected chi connectivity index (χ1v) is 7.61. The van der Waals surface area contributed by atoms with Gasteiger partial charge < -0.3 is 10.4 Å². The minimum Gasteiger partial charge on any atom is -0.506 e. The van der Waals surface area contributed by atoms with Crippen LogP contribution in [0.4, 0.5) is 0 Å². The van der Waals surface area contributed by atoms with Gasteiger partial charge in [-0.3, -0.25) is 0 Å². The topological polar surface area (TPSA) is 32.3 Å². The molecular weight excluding hydrogens is 370 g/mol. The van der Waals surface area contributed by atoms with Crippen LogP contribution in [-0.4, -0.2) is 5.11 Å². The van der Waals surface area contributed by atoms with E-state index in [1.54, 1.807) is 0 Å². The minimum absolute atomic E-state index is 0.218. The van der Waals surface area contributed by atoms with Crippen LogP contribution in [-0.2, 0) is 6.54 Å². The molecule has 0 aliphatic carbocycles. The average molecular weight is 385 g/mol. The lowest BCUT2D eigenvalue weighted by Gasteiger charge is -2.15. The number of rotatable bonds is 4. The Bertz CT molecular complexity index is 572. The molecule has 0 radical (unpaired) electrons. The average Bonchev–Trinajstić information content (AvgIpc) is 2.40. The Kier molecular flexibility index (Phi) is 5.02. The van der Waals surface area contributed by atoms with E-state index in [0.717, 1.165) is 14.5 Å². The first kappa shape index (κ1) is 14.6. The molecule has 2 nitrogen and oxygen atoms in total. The van der Waals surface area contributed by atoms with Crippen molar-refractivity contribution in [2.24, 2.45) is 0 Å². The van der Waals surface area contributed by atoms with Gasteiger partial charge in [-0.25, -0.2) is 0 Å². The maximum absolute atomic E-state index is 9.93. The molecule has 0 fully saturated rings. The summed E-state index contributed by atoms with van der Waals surface area (Å²) in [6.07, 6.45) is 0. The highest BCUT2D eigenvalue weighted by Gasteiger charge is 2.08. The second-order valence-electron chi connectivity index (χ2n) is 4.41. The summed E-state index contributed by atoms with van der Waals surface area (Å²) in [5.41, 5.74) is 2.10. The summed E-state index contributed by atoms with van der Waals surface area (Å²) in [6.45, 7) is 2.73. The lowest BCUT2D eigenvalue weighted by molar-refractivity contribution is 0.457. The predicted octanol–water partition coefficient (Wildman–Crippen LogP) is 4.77. The highest BCUT2D eigenvalue weighted by Crippen LogP contribution is 2.28. The van der Waals surface area contributed by atoms with Crippen LogP contribution < -0.4 is 5.32 Å². The van der Waals surface area contributed by atoms with Gasteiger partial charge in [0.05, 0.1) is 4.47 Å². The third-order valence-electron chi connectivity index (χ3n) is 3.02. The van der Waals surface area contributed by atoms with Crippen molar-refractivity contribution in [3.63, 3.8) is 0 Å². The molecule has 0 aromatic heterocycles. The summed E-state index contributed by atoms with van der Waals surface area (Å²) in [5, 5.41) is 13.3. The second kappa shape index (κ2) is 6.55. The van der Waals surface area contributed by atoms with Gasteiger partial charge in [0.15, 0.2) is 0 Å². The molecule has 0 saturated carbocycles. The van der Waals surface area contributed by atoms with E-state index in [-0.39, 0.29) is 6.04 Å². The van der Waals surface area contributed by atoms with E-state index in [1.807, 2.05) is 30.3 Å². The Morgan fingerprint density at radius 3 is 2.63 bits per heavy atom. The molecule has 2 aromatic rings. The summed E-state index contributed by atoms with van der Waals surface area (Å²) < 4.78 is 1.80. The van der Waals surface area contributed by atoms with Gasteiger partial charge in [-0.2, -0.15) is 0 Å². The molecule has 2 aromatic carbocycles. The zero-order valence-corrected chi connectivity index (χ0v) is 13.7. The molecule has 100 valence electrons. The number of para-hydroxylation sites is 1. The first-order valence-electron chi connectivity index (χ1n) is 6.03. The monoisotopic (exact) mass is 383 g/mol. The summed E-state index contributed by atoms with van der Waals surface area (Å²) in [7, 11) is 0. The predicted molar refractivity (Wildman–Crippen MR) is 85.2 cm³/mol. The van der Waals surface area contributed by atoms with Crippen LogP contribution in [0, 0.1) is 0 Å². The fourth-order valence-corrected chi connectivity index (χ4v) is 2.68. The van der Waals surface area contributed by atoms with E-state index in [4.69, 9.17) is 0 Å². The van der Waals surface area contributed by atoms with E-state index in [0.29, 0.717) is 12.3 Å². The molecule has 1 atom stereocenters. The number of hydrogen-bond acceptors (Lipinski definition) is 2. The van der Waals surface area contributed by atoms with E-state index >= 15 is 0 Å². The van der Waals surface area contributed by atoms with E-state index in [2.05, 4.69) is 56.2 Å². The third-order valence-corrected chi connectivity index (χ3v) is 4.15. The summed E-state index contributed by atoms with van der Waals surface area (Å²) in [4.78, 5) is 0. The zero-order valence-electron chi connectivity index (χ0n) is 10.5. The van der Waals surface area contributed by atoms with Gasteiger partial charge in [-0.05, 0) is 46.6 Å². The third kappa shape index (κ3) is 3.81. The molecule has 0 aliphatic heterocycles. The Morgan fingerprint density at radius 2 is 1.89 bits per heavy atom. The van der Waals surface area contributed by atoms with Crippen LogP contribution in [0.5, 0.6) is 5.75 Å². The van der Waals surface area contributed by atoms with Crippen LogP contribution >= 0.6 is 31.9 Å². The lowest BCUT2D eigenvalue weighted by atomic mass is 10.1. The second-order valence-corrected chi connectivity index (χ2v) is 6.18. The molecule has 0 unspecified atom stereocenters. The van der Waals surface area contributed by atoms with E-state index < -0.39 is 0 Å². The van der Waals surface area contributed by atoms with Crippen LogP contribution in [0.2, 0.25) is 0 Å². The standard InChI is InChI=1S/C15H15Br2NO/c1-10(11-4-2-6-13(16)8-11)18-9-12-5-3-7-14(17)15(12)19/h2-8,10,18-19H,9H2,1H3/t10-/m0/s1. The molecular formula is C15H15Br2NO. The van der Waals surface area contributed by atoms with Crippen molar-refractivity contribution in [1.82, 2.24) is 5.32 Å². The fraction of sp³-hybridized carbons (Fsp3) is 0.200. The van der Waals surface area contributed by atoms with Crippen molar-refractivity contribution < 1.29 is 5.11 Å². The van der Waals surface area contributed by atoms with E-state index in [1.165, 1.54) is 5.56 Å². The van der Waals surface area contributed by atoms with Crippen LogP contribution in [0.1, 0.15) is 24.1 Å². The van der Waals surface area contributed by atoms with Gasteiger partial charge in [-0.1, -0.05) is 40.2 Å². The molecule has 0 aliphatic rings. The number of halogens is 2. The number of aromatic hydroxyl groups is 1. The molecule has 0 saturated heterocycles. The number of benzene rings is 2. The Morgan fingerprint density at radius 1 is 1.16 bits per heavy atom. The normalized spacial score (nSPS) is 12.4. The van der Waals surface area contributed by atoms with Gasteiger partial charge in [0.1, 0.15) is 5.75 Å². The molecule has 0 spiro atoms. The van der Waals surface area contributed by atoms with E-state index in [9.17, 15) is 5.11 Å². The quantitative estimate of drug-likeness (QED) is 0.795. The molecule has 0 heterocycles. The minimum atomic E-state index is 0.218. The maximum atomic E-state index is 9.93. The Labute approximate surface area is 130 Å². The largest absolute Gasteiger partial charge is 0.506 e. The van der Waals surface area contributed by atoms with Crippen LogP contribution in [0.15, 0.2) is 51.4 Å². The van der Waals surface area contributed by atoms with Crippen molar-refractivity contribution in [1.29, 1.82) is 0 Å². The Balaban J connectivity index is 2.04. The first-order chi connectivity index (χ1) is 9.08. The van der Waals surface area contributed by atoms with Crippen molar-refractivity contribution in [3.05, 3.63) is 62.5 Å². The molecule has 2 rings (SSSR count). The van der Waals surface area contributed by atoms with Crippen LogP contribution in [0.25, 0.3) is 0 Å². The van der Waals surface area contributed by atoms with Gasteiger partial charge in [0.25, 0.3) is 0 Å². The number of nitrogens with one attached hydrogen (secondary N) is 1. The molecule has 2 N–H and O–H groups in total. The van der Waals surface area contributed by atoms with Crippen molar-refractivity contribution >= 4 is 31.9 Å². The van der Waals surface area contributed by atoms with Crippen molar-refractivity contribution in [2.45, 2.75) is 19.5 Å². The molecule has 19 heavy (non-hydrogen) atoms. The van der Waals surface area contributed by atoms with Crippen molar-refractivity contribution in [3.8, 4) is 5.75 Å². The van der Waals surface area contributed by atoms with Crippen molar-refractivity contribution in [2.75, 3.05) is 0 Å². The number of phenolic OH excluding ortho intramolecular Hbond substituents is 1. The number of phenols is 1. The van der Waals surface area contributed by atoms with Gasteiger partial charge in [-0.15, -0.1) is 0 Å². The van der Waals surface area contributed by atoms with Gasteiger partial charge in [0, 0.05) is 22.6 Å². The summed E-state index contributed by atoms with van der Waals surface area (Å²) in [5.74, 6) is 0.302. The van der Waals surface area contributed by atoms with Crippen LogP contribution in [0.3, 0.4) is 0 Å². The summed E-state index contributed by atoms with van der Waals surface area (Å²) >= 11 is 6.80. The zero-order chi connectivity index (χ0) is 13.8. The highest BCUT2D eigenvalue weighted by molar-refractivity contribution is 9.10. The Hall–Kier alpha value is -0.840. The van der Waals surface area contributed by atoms with Gasteiger partial charge in [0.2, 0.25) is 0 Å². The smallest absolute Gasteiger partial charge is 0.134 e. The maximum Gasteiger partial charge on any atom is 0.134 e. The molecule has 0 bridgehead atoms. The van der Waals surface area contributed by atoms with Gasteiger partial charge >= 0.3 is 0 Å². The molecule has 0 amide bonds. The fourth-order valence-electron chi connectivity index (χ4n) is 1.86. The number of hydrogen-bond donors (Lipinski definition) is 2. The SMILES string of the molecule is C[C@H](NCc1cccc(Br)c1O)c1cccc(Br)c1. The summed E-state index contributed by atoms with van der Waals surface area (Å²) in [6, 6.07) is 14.1. The lowest BCUT2D eigenvalue weighted by Crippen LogP contribution is -2.18.